The summed E-state index contributed by atoms with van der Waals surface area (Å²) in [6.07, 6.45) is 3.86. The molecular formula is C20H19ClN6S. The maximum absolute atomic E-state index is 6.05. The van der Waals surface area contributed by atoms with Crippen LogP contribution in [0, 0.1) is 6.92 Å². The van der Waals surface area contributed by atoms with Crippen molar-refractivity contribution in [1.29, 1.82) is 0 Å². The zero-order valence-electron chi connectivity index (χ0n) is 15.4. The third kappa shape index (κ3) is 3.04. The first-order valence-corrected chi connectivity index (χ1v) is 10.5. The Hall–Kier alpha value is -2.51. The molecule has 3 aromatic heterocycles. The van der Waals surface area contributed by atoms with E-state index in [9.17, 15) is 0 Å². The van der Waals surface area contributed by atoms with Gasteiger partial charge in [-0.1, -0.05) is 11.6 Å². The Morgan fingerprint density at radius 3 is 2.64 bits per heavy atom. The van der Waals surface area contributed by atoms with Crippen LogP contribution in [0.15, 0.2) is 42.6 Å². The normalized spacial score (nSPS) is 15.4. The Bertz CT molecular complexity index is 1110. The van der Waals surface area contributed by atoms with E-state index in [0.29, 0.717) is 5.92 Å². The van der Waals surface area contributed by atoms with Crippen molar-refractivity contribution in [2.24, 2.45) is 0 Å². The fourth-order valence-corrected chi connectivity index (χ4v) is 4.78. The first kappa shape index (κ1) is 17.6. The number of anilines is 1. The summed E-state index contributed by atoms with van der Waals surface area (Å²) in [5, 5.41) is 10.7. The second-order valence-electron chi connectivity index (χ2n) is 7.04. The van der Waals surface area contributed by atoms with Crippen molar-refractivity contribution in [2.75, 3.05) is 18.0 Å². The molecule has 0 aliphatic carbocycles. The predicted octanol–water partition coefficient (Wildman–Crippen LogP) is 4.62. The number of hydrogen-bond donors (Lipinski definition) is 0. The number of fused-ring (bicyclic) bond motifs is 1. The van der Waals surface area contributed by atoms with Crippen LogP contribution in [0.3, 0.4) is 0 Å². The lowest BCUT2D eigenvalue weighted by atomic mass is 9.95. The summed E-state index contributed by atoms with van der Waals surface area (Å²) >= 11 is 7.52. The Kier molecular flexibility index (Phi) is 4.49. The number of rotatable bonds is 3. The number of hydrogen-bond acceptors (Lipinski definition) is 6. The van der Waals surface area contributed by atoms with Gasteiger partial charge in [0.2, 0.25) is 0 Å². The molecule has 0 N–H and O–H groups in total. The number of aryl methyl sites for hydroxylation is 1. The minimum Gasteiger partial charge on any atom is -0.355 e. The summed E-state index contributed by atoms with van der Waals surface area (Å²) in [6, 6.07) is 11.9. The molecule has 8 heteroatoms. The van der Waals surface area contributed by atoms with E-state index in [-0.39, 0.29) is 0 Å². The van der Waals surface area contributed by atoms with Gasteiger partial charge in [-0.25, -0.2) is 4.98 Å². The lowest BCUT2D eigenvalue weighted by Gasteiger charge is -2.32. The summed E-state index contributed by atoms with van der Waals surface area (Å²) in [5.74, 6) is 3.36. The molecule has 5 rings (SSSR count). The zero-order chi connectivity index (χ0) is 19.1. The van der Waals surface area contributed by atoms with Crippen LogP contribution in [0.2, 0.25) is 5.02 Å². The van der Waals surface area contributed by atoms with E-state index in [0.717, 1.165) is 64.3 Å². The van der Waals surface area contributed by atoms with Crippen LogP contribution >= 0.6 is 23.1 Å². The second-order valence-corrected chi connectivity index (χ2v) is 8.23. The van der Waals surface area contributed by atoms with Crippen LogP contribution in [0.4, 0.5) is 5.82 Å². The molecule has 4 aromatic rings. The molecule has 6 nitrogen and oxygen atoms in total. The van der Waals surface area contributed by atoms with E-state index in [1.165, 1.54) is 11.5 Å². The largest absolute Gasteiger partial charge is 0.355 e. The van der Waals surface area contributed by atoms with Crippen molar-refractivity contribution in [3.8, 4) is 5.69 Å². The minimum absolute atomic E-state index is 0.371. The van der Waals surface area contributed by atoms with Gasteiger partial charge in [-0.05, 0) is 67.7 Å². The maximum atomic E-state index is 6.05. The van der Waals surface area contributed by atoms with Gasteiger partial charge < -0.3 is 4.90 Å². The van der Waals surface area contributed by atoms with Crippen molar-refractivity contribution in [3.05, 3.63) is 59.3 Å². The van der Waals surface area contributed by atoms with Gasteiger partial charge in [-0.2, -0.15) is 4.37 Å². The number of pyridine rings is 1. The van der Waals surface area contributed by atoms with Crippen molar-refractivity contribution in [3.63, 3.8) is 0 Å². The molecule has 1 aliphatic heterocycles. The molecule has 4 heterocycles. The smallest absolute Gasteiger partial charge is 0.151 e. The van der Waals surface area contributed by atoms with E-state index in [2.05, 4.69) is 35.1 Å². The third-order valence-electron chi connectivity index (χ3n) is 5.32. The monoisotopic (exact) mass is 410 g/mol. The average Bonchev–Trinajstić information content (AvgIpc) is 3.33. The maximum Gasteiger partial charge on any atom is 0.151 e. The molecule has 1 aromatic carbocycles. The Morgan fingerprint density at radius 1 is 1.07 bits per heavy atom. The van der Waals surface area contributed by atoms with Crippen molar-refractivity contribution < 1.29 is 0 Å². The van der Waals surface area contributed by atoms with Crippen molar-refractivity contribution in [1.82, 2.24) is 24.1 Å². The first-order valence-electron chi connectivity index (χ1n) is 9.34. The van der Waals surface area contributed by atoms with E-state index < -0.39 is 0 Å². The van der Waals surface area contributed by atoms with Gasteiger partial charge in [0.15, 0.2) is 5.82 Å². The summed E-state index contributed by atoms with van der Waals surface area (Å²) in [6.45, 7) is 3.89. The van der Waals surface area contributed by atoms with Gasteiger partial charge >= 0.3 is 0 Å². The molecule has 28 heavy (non-hydrogen) atoms. The highest BCUT2D eigenvalue weighted by molar-refractivity contribution is 7.13. The lowest BCUT2D eigenvalue weighted by Crippen LogP contribution is -2.34. The highest BCUT2D eigenvalue weighted by atomic mass is 35.5. The molecule has 0 bridgehead atoms. The Balaban J connectivity index is 1.38. The van der Waals surface area contributed by atoms with Crippen LogP contribution < -0.4 is 4.90 Å². The van der Waals surface area contributed by atoms with Crippen LogP contribution in [-0.2, 0) is 0 Å². The van der Waals surface area contributed by atoms with Gasteiger partial charge in [0, 0.05) is 35.9 Å². The second kappa shape index (κ2) is 7.14. The lowest BCUT2D eigenvalue weighted by molar-refractivity contribution is 0.478. The summed E-state index contributed by atoms with van der Waals surface area (Å²) in [7, 11) is 0. The van der Waals surface area contributed by atoms with E-state index in [4.69, 9.17) is 11.6 Å². The van der Waals surface area contributed by atoms with Crippen molar-refractivity contribution in [2.45, 2.75) is 25.7 Å². The minimum atomic E-state index is 0.371. The molecule has 0 saturated carbocycles. The molecular weight excluding hydrogens is 392 g/mol. The van der Waals surface area contributed by atoms with Gasteiger partial charge in [0.25, 0.3) is 0 Å². The molecule has 0 unspecified atom stereocenters. The topological polar surface area (TPSA) is 59.7 Å². The quantitative estimate of drug-likeness (QED) is 0.493. The molecule has 0 amide bonds. The SMILES string of the molecule is Cc1nnc(C2CCN(c3nsc4ncccc34)CC2)n1-c1ccc(Cl)cc1. The van der Waals surface area contributed by atoms with Crippen LogP contribution in [0.25, 0.3) is 15.9 Å². The van der Waals surface area contributed by atoms with Crippen LogP contribution in [0.5, 0.6) is 0 Å². The summed E-state index contributed by atoms with van der Waals surface area (Å²) in [4.78, 5) is 7.78. The molecule has 0 atom stereocenters. The number of aromatic nitrogens is 5. The number of piperidine rings is 1. The molecule has 1 fully saturated rings. The van der Waals surface area contributed by atoms with Gasteiger partial charge in [-0.3, -0.25) is 4.57 Å². The van der Waals surface area contributed by atoms with Gasteiger partial charge in [0.05, 0.1) is 5.39 Å². The zero-order valence-corrected chi connectivity index (χ0v) is 17.0. The molecule has 1 aliphatic rings. The van der Waals surface area contributed by atoms with E-state index in [1.807, 2.05) is 43.5 Å². The average molecular weight is 411 g/mol. The first-order chi connectivity index (χ1) is 13.7. The number of nitrogens with zero attached hydrogens (tertiary/aromatic N) is 6. The standard InChI is InChI=1S/C20H19ClN6S/c1-13-23-24-18(27(13)16-6-4-15(21)5-7-16)14-8-11-26(12-9-14)19-17-3-2-10-22-20(17)28-25-19/h2-7,10,14H,8-9,11-12H2,1H3. The van der Waals surface area contributed by atoms with Crippen molar-refractivity contribution >= 4 is 39.2 Å². The molecule has 1 saturated heterocycles. The fraction of sp³-hybridized carbons (Fsp3) is 0.300. The summed E-state index contributed by atoms with van der Waals surface area (Å²) in [5.41, 5.74) is 1.06. The van der Waals surface area contributed by atoms with Gasteiger partial charge in [0.1, 0.15) is 16.5 Å². The highest BCUT2D eigenvalue weighted by Gasteiger charge is 2.27. The molecule has 0 spiro atoms. The summed E-state index contributed by atoms with van der Waals surface area (Å²) < 4.78 is 6.81. The third-order valence-corrected chi connectivity index (χ3v) is 6.34. The Labute approximate surface area is 172 Å². The predicted molar refractivity (Wildman–Crippen MR) is 113 cm³/mol. The fourth-order valence-electron chi connectivity index (χ4n) is 3.90. The highest BCUT2D eigenvalue weighted by Crippen LogP contribution is 2.34. The Morgan fingerprint density at radius 2 is 1.86 bits per heavy atom. The van der Waals surface area contributed by atoms with Gasteiger partial charge in [-0.15, -0.1) is 10.2 Å². The van der Waals surface area contributed by atoms with Crippen LogP contribution in [0.1, 0.15) is 30.4 Å². The molecule has 0 radical (unpaired) electrons. The van der Waals surface area contributed by atoms with E-state index in [1.54, 1.807) is 0 Å². The van der Waals surface area contributed by atoms with E-state index >= 15 is 0 Å². The van der Waals surface area contributed by atoms with Crippen LogP contribution in [-0.4, -0.2) is 37.2 Å². The number of halogens is 1. The molecule has 142 valence electrons. The number of benzene rings is 1.